The van der Waals surface area contributed by atoms with Crippen LogP contribution in [0.15, 0.2) is 48.5 Å². The normalized spacial score (nSPS) is 16.7. The number of benzene rings is 2. The fourth-order valence-corrected chi connectivity index (χ4v) is 10.2. The molecule has 76 heavy (non-hydrogen) atoms. The zero-order valence-electron chi connectivity index (χ0n) is 47.9. The Balaban J connectivity index is 0.00000393. The Morgan fingerprint density at radius 2 is 1.34 bits per heavy atom. The van der Waals surface area contributed by atoms with Crippen molar-refractivity contribution in [3.05, 3.63) is 64.2 Å². The van der Waals surface area contributed by atoms with Crippen LogP contribution in [0, 0.1) is 27.9 Å². The molecule has 2 aromatic rings. The molecule has 2 aliphatic rings. The fraction of sp³-hybridized carbons (Fsp3) is 0.667. The first-order chi connectivity index (χ1) is 35.9. The van der Waals surface area contributed by atoms with Crippen LogP contribution in [0.25, 0.3) is 0 Å². The molecule has 8 atom stereocenters. The lowest BCUT2D eigenvalue weighted by atomic mass is 9.90. The van der Waals surface area contributed by atoms with Gasteiger partial charge in [-0.3, -0.25) is 43.7 Å². The van der Waals surface area contributed by atoms with Crippen LogP contribution < -0.4 is 24.8 Å². The number of carbonyl (C=O) groups is 6. The number of hydrogen-bond acceptors (Lipinski definition) is 15. The molecule has 1 heterocycles. The molecule has 0 radical (unpaired) electrons. The minimum atomic E-state index is -4.01. The molecular formula is C54H89N7O14S. The molecule has 430 valence electrons. The third-order valence-corrected chi connectivity index (χ3v) is 14.7. The van der Waals surface area contributed by atoms with Gasteiger partial charge in [0.05, 0.1) is 59.4 Å². The van der Waals surface area contributed by atoms with Gasteiger partial charge in [0.2, 0.25) is 33.7 Å². The highest BCUT2D eigenvalue weighted by atomic mass is 32.2. The fourth-order valence-electron chi connectivity index (χ4n) is 8.81. The van der Waals surface area contributed by atoms with Gasteiger partial charge in [-0.05, 0) is 81.4 Å². The van der Waals surface area contributed by atoms with Crippen molar-refractivity contribution in [1.82, 2.24) is 30.1 Å². The second-order valence-corrected chi connectivity index (χ2v) is 21.0. The zero-order chi connectivity index (χ0) is 58.0. The number of methoxy groups -OCH3 is 2. The van der Waals surface area contributed by atoms with E-state index in [1.165, 1.54) is 61.9 Å². The second kappa shape index (κ2) is 34.1. The van der Waals surface area contributed by atoms with Gasteiger partial charge in [0.15, 0.2) is 0 Å². The number of nitro benzene ring substituents is 1. The summed E-state index contributed by atoms with van der Waals surface area (Å²) in [4.78, 5) is 96.4. The molecule has 22 heteroatoms. The highest BCUT2D eigenvalue weighted by Crippen LogP contribution is 2.30. The van der Waals surface area contributed by atoms with Gasteiger partial charge >= 0.3 is 6.16 Å². The van der Waals surface area contributed by atoms with Crippen molar-refractivity contribution < 1.29 is 61.1 Å². The van der Waals surface area contributed by atoms with Crippen LogP contribution in [0.4, 0.5) is 10.5 Å². The Kier molecular flexibility index (Phi) is 30.7. The Bertz CT molecular complexity index is 2240. The van der Waals surface area contributed by atoms with Gasteiger partial charge in [0.25, 0.3) is 11.6 Å². The topological polar surface area (TPSA) is 262 Å². The molecule has 1 aliphatic heterocycles. The maximum Gasteiger partial charge on any atom is 0.519 e. The molecule has 1 aliphatic carbocycles. The number of ether oxygens (including phenoxy) is 4. The average molecular weight is 1090 g/mol. The van der Waals surface area contributed by atoms with E-state index in [1.54, 1.807) is 37.9 Å². The molecule has 21 nitrogen and oxygen atoms in total. The molecule has 1 saturated heterocycles. The van der Waals surface area contributed by atoms with Gasteiger partial charge in [0.1, 0.15) is 17.5 Å². The first-order valence-electron chi connectivity index (χ1n) is 26.6. The number of nitrogens with one attached hydrogen (secondary N) is 3. The minimum Gasteiger partial charge on any atom is -0.395 e. The maximum absolute atomic E-state index is 14.3. The Hall–Kier alpha value is -5.71. The summed E-state index contributed by atoms with van der Waals surface area (Å²) < 4.78 is 50.0. The predicted molar refractivity (Wildman–Crippen MR) is 292 cm³/mol. The van der Waals surface area contributed by atoms with Gasteiger partial charge in [-0.25, -0.2) is 13.2 Å². The number of likely N-dealkylation sites (tertiary alicyclic amines) is 1. The van der Waals surface area contributed by atoms with Crippen LogP contribution in [-0.4, -0.2) is 154 Å². The quantitative estimate of drug-likeness (QED) is 0.0395. The molecule has 0 bridgehead atoms. The van der Waals surface area contributed by atoms with Gasteiger partial charge in [-0.15, -0.1) is 0 Å². The smallest absolute Gasteiger partial charge is 0.395 e. The van der Waals surface area contributed by atoms with E-state index in [0.717, 1.165) is 12.1 Å². The molecule has 8 unspecified atom stereocenters. The summed E-state index contributed by atoms with van der Waals surface area (Å²) in [7, 11) is 4.14. The predicted octanol–water partition coefficient (Wildman–Crippen LogP) is 6.90. The summed E-state index contributed by atoms with van der Waals surface area (Å²) in [5.41, 5.74) is 0.268. The lowest BCUT2D eigenvalue weighted by Crippen LogP contribution is -2.56. The molecule has 4 rings (SSSR count). The van der Waals surface area contributed by atoms with E-state index in [9.17, 15) is 47.3 Å². The SMILES string of the molecule is CC.CC.CCC.CCC(C)C(C(CC(=O)N1CCCC1C(OC)C(C)C(=O)NC(Cc1ccc(OC(=O)Oc2ccc([N+](=O)[O-])cc2)cc1)C(=O)NS(=O)(=O)C1CC1)OC)N(C)C(=O)CNC(=O)C(C(C)C)N(C)C. The summed E-state index contributed by atoms with van der Waals surface area (Å²) in [6.07, 6.45) is 0.840. The van der Waals surface area contributed by atoms with E-state index in [-0.39, 0.29) is 66.1 Å². The van der Waals surface area contributed by atoms with E-state index < -0.39 is 80.5 Å². The van der Waals surface area contributed by atoms with Crippen molar-refractivity contribution in [1.29, 1.82) is 0 Å². The number of nitro groups is 1. The van der Waals surface area contributed by atoms with E-state index in [2.05, 4.69) is 29.2 Å². The van der Waals surface area contributed by atoms with Gasteiger partial charge in [0, 0.05) is 46.4 Å². The number of hydrogen-bond donors (Lipinski definition) is 3. The zero-order valence-corrected chi connectivity index (χ0v) is 48.7. The van der Waals surface area contributed by atoms with Crippen molar-refractivity contribution in [2.24, 2.45) is 17.8 Å². The number of rotatable bonds is 25. The summed E-state index contributed by atoms with van der Waals surface area (Å²) in [5.74, 6) is -3.46. The van der Waals surface area contributed by atoms with E-state index in [1.807, 2.05) is 55.4 Å². The summed E-state index contributed by atoms with van der Waals surface area (Å²) in [6, 6.07) is 7.72. The Labute approximate surface area is 452 Å². The standard InChI is InChI=1S/C47H69N7O14S.C3H8.2C2H6/c1-11-29(4)42(52(8)40(56)27-48-46(59)41(28(2)3)51(6)7)38(65-9)26-39(55)53-24-12-13-37(53)43(66-10)30(5)44(57)49-36(45(58)50-69(63,64)35-22-23-35)25-31-14-18-33(19-15-31)67-47(60)68-34-20-16-32(17-21-34)54(61)62;1-3-2;2*1-2/h14-21,28-30,35-38,41-43H,11-13,22-27H2,1-10H3,(H,48,59)(H,49,57)(H,50,58);3H2,1-2H3;2*1-2H3. The summed E-state index contributed by atoms with van der Waals surface area (Å²) >= 11 is 0. The number of likely N-dealkylation sites (N-methyl/N-ethyl adjacent to an activating group) is 2. The van der Waals surface area contributed by atoms with Crippen LogP contribution in [0.3, 0.4) is 0 Å². The second-order valence-electron chi connectivity index (χ2n) is 19.0. The van der Waals surface area contributed by atoms with E-state index in [0.29, 0.717) is 44.2 Å². The van der Waals surface area contributed by atoms with Crippen LogP contribution in [0.2, 0.25) is 0 Å². The Morgan fingerprint density at radius 1 is 0.803 bits per heavy atom. The first kappa shape index (κ1) is 68.3. The monoisotopic (exact) mass is 1090 g/mol. The largest absolute Gasteiger partial charge is 0.519 e. The average Bonchev–Trinajstić information content (AvgIpc) is 4.15. The molecule has 2 fully saturated rings. The van der Waals surface area contributed by atoms with Crippen molar-refractivity contribution in [2.45, 2.75) is 169 Å². The van der Waals surface area contributed by atoms with Crippen molar-refractivity contribution in [3.8, 4) is 11.5 Å². The molecule has 1 saturated carbocycles. The van der Waals surface area contributed by atoms with Crippen LogP contribution in [0.1, 0.15) is 127 Å². The molecule has 5 amide bonds. The van der Waals surface area contributed by atoms with Gasteiger partial charge in [-0.2, -0.15) is 0 Å². The van der Waals surface area contributed by atoms with Crippen molar-refractivity contribution in [2.75, 3.05) is 48.5 Å². The molecular weight excluding hydrogens is 1000 g/mol. The lowest BCUT2D eigenvalue weighted by molar-refractivity contribution is -0.384. The number of non-ortho nitro benzene ring substituents is 1. The Morgan fingerprint density at radius 3 is 1.80 bits per heavy atom. The third kappa shape index (κ3) is 21.0. The highest BCUT2D eigenvalue weighted by molar-refractivity contribution is 7.90. The number of nitrogens with zero attached hydrogens (tertiary/aromatic N) is 4. The van der Waals surface area contributed by atoms with Crippen molar-refractivity contribution >= 4 is 51.4 Å². The summed E-state index contributed by atoms with van der Waals surface area (Å²) in [5, 5.41) is 15.7. The van der Waals surface area contributed by atoms with Gasteiger partial charge < -0.3 is 39.4 Å². The van der Waals surface area contributed by atoms with E-state index in [4.69, 9.17) is 18.9 Å². The number of sulfonamides is 1. The van der Waals surface area contributed by atoms with Crippen LogP contribution in [-0.2, 0) is 49.9 Å². The van der Waals surface area contributed by atoms with E-state index >= 15 is 0 Å². The first-order valence-corrected chi connectivity index (χ1v) is 28.1. The molecule has 0 spiro atoms. The van der Waals surface area contributed by atoms with Crippen LogP contribution in [0.5, 0.6) is 11.5 Å². The third-order valence-electron chi connectivity index (χ3n) is 12.8. The maximum atomic E-state index is 14.3. The highest BCUT2D eigenvalue weighted by Gasteiger charge is 2.43. The summed E-state index contributed by atoms with van der Waals surface area (Å²) in [6.45, 7) is 21.8. The minimum absolute atomic E-state index is 0.00825. The lowest BCUT2D eigenvalue weighted by Gasteiger charge is -2.39. The van der Waals surface area contributed by atoms with Crippen molar-refractivity contribution in [3.63, 3.8) is 0 Å². The van der Waals surface area contributed by atoms with Crippen LogP contribution >= 0.6 is 0 Å². The number of amides is 5. The number of carbonyl (C=O) groups excluding carboxylic acids is 6. The van der Waals surface area contributed by atoms with Gasteiger partial charge in [-0.1, -0.05) is 101 Å². The molecule has 2 aromatic carbocycles. The molecule has 0 aromatic heterocycles. The molecule has 3 N–H and O–H groups in total.